The predicted molar refractivity (Wildman–Crippen MR) is 469 cm³/mol. The highest BCUT2D eigenvalue weighted by molar-refractivity contribution is 9.10. The van der Waals surface area contributed by atoms with Gasteiger partial charge in [-0.05, 0) is 106 Å². The first-order chi connectivity index (χ1) is 61.7. The van der Waals surface area contributed by atoms with E-state index in [0.29, 0.717) is 26.5 Å². The molecule has 3 aromatic rings. The Hall–Kier alpha value is -14.0. The summed E-state index contributed by atoms with van der Waals surface area (Å²) in [6, 6.07) is -8.30. The molecule has 132 heavy (non-hydrogen) atoms. The normalized spacial score (nSPS) is 14.1. The molecule has 0 saturated heterocycles. The number of guanidine groups is 1. The molecule has 3 rings (SSSR count). The van der Waals surface area contributed by atoms with Crippen LogP contribution in [0.2, 0.25) is 0 Å². The van der Waals surface area contributed by atoms with E-state index in [0.717, 1.165) is 0 Å². The molecule has 0 aliphatic rings. The van der Waals surface area contributed by atoms with Crippen molar-refractivity contribution < 1.29 is 131 Å². The molecule has 1 aromatic heterocycles. The number of halogens is 1. The van der Waals surface area contributed by atoms with Crippen LogP contribution in [0.15, 0.2) is 59.2 Å². The van der Waals surface area contributed by atoms with Gasteiger partial charge in [0.25, 0.3) is 0 Å². The maximum Gasteiger partial charge on any atom is 0.305 e. The van der Waals surface area contributed by atoms with E-state index in [1.54, 1.807) is 82.4 Å². The molecule has 2 aromatic carbocycles. The van der Waals surface area contributed by atoms with Crippen molar-refractivity contribution in [3.05, 3.63) is 70.3 Å². The van der Waals surface area contributed by atoms with Crippen LogP contribution in [0.4, 0.5) is 0 Å². The quantitative estimate of drug-likeness (QED) is 0.0142. The topological polar surface area (TPSA) is 825 Å². The molecular weight excluding hydrogens is 1810 g/mol. The van der Waals surface area contributed by atoms with Gasteiger partial charge in [0.2, 0.25) is 106 Å². The number of aliphatic hydroxyl groups is 1. The molecule has 0 spiro atoms. The monoisotopic (exact) mass is 1930 g/mol. The second-order valence-electron chi connectivity index (χ2n) is 32.5. The number of amides is 18. The van der Waals surface area contributed by atoms with E-state index < -0.39 is 303 Å². The second-order valence-corrected chi connectivity index (χ2v) is 33.5. The number of aromatic amines is 1. The van der Waals surface area contributed by atoms with Crippen LogP contribution in [0.1, 0.15) is 144 Å². The number of hydrogen-bond acceptors (Lipinski definition) is 25. The number of carboxylic acids is 4. The molecule has 728 valence electrons. The molecule has 0 saturated carbocycles. The van der Waals surface area contributed by atoms with Gasteiger partial charge in [0.1, 0.15) is 78.0 Å². The molecular formula is C81H120BrN23O27. The van der Waals surface area contributed by atoms with E-state index in [4.69, 9.17) is 33.5 Å². The highest BCUT2D eigenvalue weighted by Crippen LogP contribution is 2.22. The Morgan fingerprint density at radius 3 is 1.41 bits per heavy atom. The third-order valence-corrected chi connectivity index (χ3v) is 20.1. The van der Waals surface area contributed by atoms with Crippen molar-refractivity contribution in [3.8, 4) is 0 Å². The summed E-state index contributed by atoms with van der Waals surface area (Å²) in [6.45, 7) is 9.29. The number of carboxylic acid groups (broad SMARTS) is 4. The molecule has 18 amide bonds. The highest BCUT2D eigenvalue weighted by atomic mass is 79.9. The molecule has 0 aliphatic carbocycles. The van der Waals surface area contributed by atoms with Crippen LogP contribution >= 0.6 is 15.9 Å². The summed E-state index contributed by atoms with van der Waals surface area (Å²) in [6.07, 6.45) is -5.16. The Balaban J connectivity index is 1.77. The molecule has 0 radical (unpaired) electrons. The minimum absolute atomic E-state index is 0.000910. The van der Waals surface area contributed by atoms with Gasteiger partial charge in [-0.1, -0.05) is 87.8 Å². The van der Waals surface area contributed by atoms with E-state index in [1.807, 2.05) is 0 Å². The van der Waals surface area contributed by atoms with E-state index >= 15 is 0 Å². The zero-order valence-corrected chi connectivity index (χ0v) is 75.7. The molecule has 0 bridgehead atoms. The van der Waals surface area contributed by atoms with Gasteiger partial charge >= 0.3 is 23.9 Å². The Bertz CT molecular complexity index is 4660. The van der Waals surface area contributed by atoms with Gasteiger partial charge in [-0.2, -0.15) is 0 Å². The highest BCUT2D eigenvalue weighted by Gasteiger charge is 2.41. The lowest BCUT2D eigenvalue weighted by molar-refractivity contribution is -0.142. The van der Waals surface area contributed by atoms with Crippen LogP contribution < -0.4 is 113 Å². The van der Waals surface area contributed by atoms with Crippen molar-refractivity contribution >= 4 is 163 Å². The standard InChI is InChI=1S/C81H120BrN23O27/c1-37(2)25-50(72(125)101-54(30-57(84)107)69(122)92-34-59(109)90-33-58(108)91-35-60(110)94-56(36-106)76(129)100-52(27-41-16-18-43(82)19-17-41)73(126)95-47(66(85)119)15-12-24-88-80(86)87)99-74(127)55(31-64(117)118)102-70(123)48(20-22-61(111)112)96-78(131)65(39(5)6)104-75(128)51(26-38(3)4)98-71(124)49(21-23-62(113)114)103-79(132)81(8,9)105-77(130)53(28-42-32-89-46-14-11-10-13-44(42)46)97-67(120)40(7)93-68(121)45(83)29-63(115)116/h10-11,13-14,16-19,32,37-40,45,47-56,65,89,106H,12,15,20-31,33-36,83H2,1-9H3,(H2,84,107)(H2,85,119)(H,90,109)(H,91,108)(H,92,122)(H,93,121)(H,94,110)(H,95,126)(H,96,131)(H,97,120)(H,98,124)(H,99,127)(H,100,129)(H,101,125)(H,102,123)(H,103,132)(H,104,128)(H,105,130)(H,111,112)(H,113,114)(H,115,116)(H,117,118)(H4,86,87,88)/t40-,45-,47+,48-,49-,50-,51-,52+,53-,54-,55-,56+,65-/m1/s1. The minimum Gasteiger partial charge on any atom is -0.481 e. The van der Waals surface area contributed by atoms with Gasteiger partial charge in [0.15, 0.2) is 5.96 Å². The SMILES string of the molecule is CC(C)C[C@@H](NC(=O)[C@@H](CC(=O)O)NC(=O)[C@@H](CCC(=O)O)NC(=O)[C@H](NC(=O)[C@@H](CC(C)C)NC(=O)[C@@H](CCC(=O)O)NC(=O)C(C)(C)NC(=O)[C@@H](Cc1c[nH]c2ccccc12)NC(=O)[C@@H](C)NC(=O)[C@H](N)CC(=O)O)C(C)C)C(=O)N[C@H](CC(N)=O)C(=O)NCC(=O)NCC(=O)NCC(=O)N[C@@H](CO)C(=O)N[C@@H](Cc1ccc(Br)cc1)C(=O)N[C@@H](CCCNC(=N)N)C(N)=O. The molecule has 51 heteroatoms. The fourth-order valence-corrected chi connectivity index (χ4v) is 12.8. The maximum absolute atomic E-state index is 14.5. The van der Waals surface area contributed by atoms with Gasteiger partial charge in [-0.25, -0.2) is 0 Å². The third-order valence-electron chi connectivity index (χ3n) is 19.5. The average molecular weight is 1930 g/mol. The number of nitrogens with two attached hydrogens (primary N) is 4. The molecule has 0 unspecified atom stereocenters. The summed E-state index contributed by atoms with van der Waals surface area (Å²) in [5.74, 6) is -28.3. The number of carbonyl (C=O) groups is 22. The van der Waals surface area contributed by atoms with Crippen molar-refractivity contribution in [2.24, 2.45) is 40.7 Å². The van der Waals surface area contributed by atoms with Gasteiger partial charge in [0, 0.05) is 53.8 Å². The van der Waals surface area contributed by atoms with Crippen LogP contribution in [-0.4, -0.2) is 284 Å². The van der Waals surface area contributed by atoms with Gasteiger partial charge in [0.05, 0.1) is 51.5 Å². The summed E-state index contributed by atoms with van der Waals surface area (Å²) < 4.78 is 0.679. The smallest absolute Gasteiger partial charge is 0.305 e. The number of aliphatic carboxylic acids is 4. The van der Waals surface area contributed by atoms with E-state index in [-0.39, 0.29) is 51.0 Å². The molecule has 50 nitrogen and oxygen atoms in total. The van der Waals surface area contributed by atoms with Crippen molar-refractivity contribution in [1.82, 2.24) is 95.4 Å². The van der Waals surface area contributed by atoms with Crippen LogP contribution in [0.25, 0.3) is 10.9 Å². The molecule has 0 fully saturated rings. The Kier molecular flexibility index (Phi) is 46.8. The summed E-state index contributed by atoms with van der Waals surface area (Å²) in [5, 5.41) is 96.4. The summed E-state index contributed by atoms with van der Waals surface area (Å²) in [7, 11) is 0. The maximum atomic E-state index is 14.5. The lowest BCUT2D eigenvalue weighted by Crippen LogP contribution is -2.63. The number of fused-ring (bicyclic) bond motifs is 1. The Morgan fingerprint density at radius 1 is 0.439 bits per heavy atom. The van der Waals surface area contributed by atoms with Crippen LogP contribution in [0, 0.1) is 23.2 Å². The fourth-order valence-electron chi connectivity index (χ4n) is 12.5. The number of benzene rings is 2. The van der Waals surface area contributed by atoms with Gasteiger partial charge in [-0.15, -0.1) is 0 Å². The third kappa shape index (κ3) is 41.2. The lowest BCUT2D eigenvalue weighted by Gasteiger charge is -2.31. The summed E-state index contributed by atoms with van der Waals surface area (Å²) >= 11 is 3.30. The first kappa shape index (κ1) is 112. The molecule has 13 atom stereocenters. The number of hydrogen-bond donors (Lipinski definition) is 28. The molecule has 32 N–H and O–H groups in total. The minimum atomic E-state index is -2.16. The number of H-pyrrole nitrogens is 1. The number of para-hydroxylation sites is 1. The number of aromatic nitrogens is 1. The Labute approximate surface area is 765 Å². The summed E-state index contributed by atoms with van der Waals surface area (Å²) in [4.78, 5) is 296. The summed E-state index contributed by atoms with van der Waals surface area (Å²) in [5.41, 5.74) is 21.6. The van der Waals surface area contributed by atoms with Crippen LogP contribution in [-0.2, 0) is 118 Å². The van der Waals surface area contributed by atoms with Crippen molar-refractivity contribution in [1.29, 1.82) is 5.41 Å². The fraction of sp³-hybridized carbons (Fsp3) is 0.543. The second kappa shape index (κ2) is 55.1. The number of nitrogens with one attached hydrogen (secondary N) is 19. The number of rotatable bonds is 59. The van der Waals surface area contributed by atoms with Gasteiger partial charge < -0.3 is 144 Å². The Morgan fingerprint density at radius 2 is 0.894 bits per heavy atom. The number of aliphatic hydroxyl groups excluding tert-OH is 1. The number of primary amides is 2. The molecule has 1 heterocycles. The van der Waals surface area contributed by atoms with E-state index in [1.165, 1.54) is 34.6 Å². The van der Waals surface area contributed by atoms with Crippen molar-refractivity contribution in [2.45, 2.75) is 230 Å². The van der Waals surface area contributed by atoms with E-state index in [2.05, 4.69) is 111 Å². The lowest BCUT2D eigenvalue weighted by atomic mass is 9.98. The van der Waals surface area contributed by atoms with Crippen LogP contribution in [0.5, 0.6) is 0 Å². The van der Waals surface area contributed by atoms with Gasteiger partial charge in [-0.3, -0.25) is 111 Å². The largest absolute Gasteiger partial charge is 0.481 e. The van der Waals surface area contributed by atoms with Crippen LogP contribution in [0.3, 0.4) is 0 Å². The zero-order chi connectivity index (χ0) is 99.7. The first-order valence-electron chi connectivity index (χ1n) is 41.7. The van der Waals surface area contributed by atoms with Crippen molar-refractivity contribution in [3.63, 3.8) is 0 Å². The number of carbonyl (C=O) groups excluding carboxylic acids is 18. The predicted octanol–water partition coefficient (Wildman–Crippen LogP) is -7.83. The zero-order valence-electron chi connectivity index (χ0n) is 74.1. The first-order valence-corrected chi connectivity index (χ1v) is 42.5. The molecule has 0 aliphatic heterocycles. The average Bonchev–Trinajstić information content (AvgIpc) is 1.62. The van der Waals surface area contributed by atoms with E-state index in [9.17, 15) is 126 Å². The van der Waals surface area contributed by atoms with Crippen molar-refractivity contribution in [2.75, 3.05) is 32.8 Å².